The van der Waals surface area contributed by atoms with Crippen LogP contribution in [0.1, 0.15) is 31.7 Å². The van der Waals surface area contributed by atoms with Gasteiger partial charge in [-0.1, -0.05) is 31.2 Å². The highest BCUT2D eigenvalue weighted by molar-refractivity contribution is 7.99. The first-order chi connectivity index (χ1) is 14.0. The summed E-state index contributed by atoms with van der Waals surface area (Å²) < 4.78 is 14.2. The Morgan fingerprint density at radius 2 is 2.24 bits per heavy atom. The van der Waals surface area contributed by atoms with Crippen LogP contribution in [0.4, 0.5) is 15.9 Å². The first-order valence-electron chi connectivity index (χ1n) is 10.0. The summed E-state index contributed by atoms with van der Waals surface area (Å²) in [5, 5.41) is 13.3. The predicted octanol–water partition coefficient (Wildman–Crippen LogP) is 4.35. The third kappa shape index (κ3) is 4.38. The molecule has 2 aliphatic rings. The monoisotopic (exact) mass is 416 g/mol. The fourth-order valence-corrected chi connectivity index (χ4v) is 5.23. The zero-order valence-corrected chi connectivity index (χ0v) is 17.2. The maximum Gasteiger partial charge on any atom is 0.338 e. The average Bonchev–Trinajstić information content (AvgIpc) is 2.72. The summed E-state index contributed by atoms with van der Waals surface area (Å²) in [5.74, 6) is -0.867. The Labute approximate surface area is 173 Å². The SMILES string of the molecule is CCCC1CN(Cc2ccc3c(c2)Nc2nccnc2S3)CCC1C(F)C(=O)O. The van der Waals surface area contributed by atoms with Crippen LogP contribution in [0.15, 0.2) is 40.5 Å². The molecule has 154 valence electrons. The molecule has 6 nitrogen and oxygen atoms in total. The van der Waals surface area contributed by atoms with Crippen molar-refractivity contribution in [3.63, 3.8) is 0 Å². The third-order valence-corrected chi connectivity index (χ3v) is 6.79. The smallest absolute Gasteiger partial charge is 0.338 e. The molecule has 0 spiro atoms. The number of carbonyl (C=O) groups is 1. The van der Waals surface area contributed by atoms with E-state index in [1.165, 1.54) is 5.56 Å². The number of carboxylic acid groups (broad SMARTS) is 1. The van der Waals surface area contributed by atoms with Crippen LogP contribution in [0.2, 0.25) is 0 Å². The number of carboxylic acids is 1. The van der Waals surface area contributed by atoms with E-state index >= 15 is 0 Å². The van der Waals surface area contributed by atoms with E-state index in [2.05, 4.69) is 45.3 Å². The van der Waals surface area contributed by atoms with Gasteiger partial charge in [-0.2, -0.15) is 0 Å². The minimum absolute atomic E-state index is 0.0771. The number of hydrogen-bond donors (Lipinski definition) is 2. The molecule has 3 unspecified atom stereocenters. The number of fused-ring (bicyclic) bond motifs is 2. The lowest BCUT2D eigenvalue weighted by atomic mass is 9.79. The number of hydrogen-bond acceptors (Lipinski definition) is 6. The highest BCUT2D eigenvalue weighted by Crippen LogP contribution is 2.42. The lowest BCUT2D eigenvalue weighted by molar-refractivity contribution is -0.147. The minimum atomic E-state index is -1.76. The fraction of sp³-hybridized carbons (Fsp3) is 0.476. The van der Waals surface area contributed by atoms with Crippen molar-refractivity contribution >= 4 is 29.2 Å². The second kappa shape index (κ2) is 8.67. The van der Waals surface area contributed by atoms with Crippen LogP contribution < -0.4 is 5.32 Å². The number of benzene rings is 1. The van der Waals surface area contributed by atoms with Gasteiger partial charge >= 0.3 is 5.97 Å². The van der Waals surface area contributed by atoms with E-state index in [-0.39, 0.29) is 11.8 Å². The molecule has 0 bridgehead atoms. The quantitative estimate of drug-likeness (QED) is 0.619. The van der Waals surface area contributed by atoms with Gasteiger partial charge < -0.3 is 10.4 Å². The second-order valence-corrected chi connectivity index (χ2v) is 8.77. The Kier molecular flexibility index (Phi) is 6.01. The lowest BCUT2D eigenvalue weighted by Crippen LogP contribution is -2.45. The molecule has 0 radical (unpaired) electrons. The molecule has 1 aromatic carbocycles. The Bertz CT molecular complexity index is 897. The Balaban J connectivity index is 1.44. The molecule has 29 heavy (non-hydrogen) atoms. The van der Waals surface area contributed by atoms with Crippen LogP contribution in [0.5, 0.6) is 0 Å². The first-order valence-corrected chi connectivity index (χ1v) is 10.8. The zero-order valence-electron chi connectivity index (χ0n) is 16.3. The number of likely N-dealkylation sites (tertiary alicyclic amines) is 1. The van der Waals surface area contributed by atoms with Gasteiger partial charge in [-0.15, -0.1) is 0 Å². The zero-order chi connectivity index (χ0) is 20.4. The Hall–Kier alpha value is -2.19. The van der Waals surface area contributed by atoms with Crippen molar-refractivity contribution in [2.75, 3.05) is 18.4 Å². The number of nitrogens with one attached hydrogen (secondary N) is 1. The number of nitrogens with zero attached hydrogens (tertiary/aromatic N) is 3. The average molecular weight is 417 g/mol. The van der Waals surface area contributed by atoms with Gasteiger partial charge in [-0.25, -0.2) is 19.2 Å². The molecule has 1 saturated heterocycles. The van der Waals surface area contributed by atoms with Gasteiger partial charge in [0.1, 0.15) is 5.03 Å². The summed E-state index contributed by atoms with van der Waals surface area (Å²) in [7, 11) is 0. The van der Waals surface area contributed by atoms with Crippen molar-refractivity contribution in [2.24, 2.45) is 11.8 Å². The molecule has 2 aliphatic heterocycles. The first kappa shape index (κ1) is 20.1. The van der Waals surface area contributed by atoms with Crippen molar-refractivity contribution in [2.45, 2.75) is 48.8 Å². The molecule has 3 heterocycles. The summed E-state index contributed by atoms with van der Waals surface area (Å²) in [6.07, 6.45) is 3.97. The van der Waals surface area contributed by atoms with Gasteiger partial charge in [0.05, 0.1) is 5.69 Å². The number of halogens is 1. The fourth-order valence-electron chi connectivity index (χ4n) is 4.35. The van der Waals surface area contributed by atoms with Crippen LogP contribution >= 0.6 is 11.8 Å². The molecule has 4 rings (SSSR count). The Morgan fingerprint density at radius 1 is 1.41 bits per heavy atom. The summed E-state index contributed by atoms with van der Waals surface area (Å²) >= 11 is 1.60. The number of aromatic nitrogens is 2. The Morgan fingerprint density at radius 3 is 3.03 bits per heavy atom. The molecular formula is C21H25FN4O2S. The van der Waals surface area contributed by atoms with Crippen LogP contribution in [-0.4, -0.2) is 45.2 Å². The van der Waals surface area contributed by atoms with E-state index in [9.17, 15) is 9.18 Å². The molecule has 0 saturated carbocycles. The van der Waals surface area contributed by atoms with Crippen LogP contribution in [-0.2, 0) is 11.3 Å². The van der Waals surface area contributed by atoms with E-state index in [0.717, 1.165) is 47.4 Å². The van der Waals surface area contributed by atoms with Crippen molar-refractivity contribution in [1.82, 2.24) is 14.9 Å². The molecule has 2 N–H and O–H groups in total. The summed E-state index contributed by atoms with van der Waals surface area (Å²) in [6.45, 7) is 4.29. The van der Waals surface area contributed by atoms with Crippen LogP contribution in [0.3, 0.4) is 0 Å². The number of anilines is 2. The minimum Gasteiger partial charge on any atom is -0.479 e. The van der Waals surface area contributed by atoms with Gasteiger partial charge in [0.2, 0.25) is 0 Å². The maximum atomic E-state index is 14.2. The van der Waals surface area contributed by atoms with Crippen molar-refractivity contribution in [3.05, 3.63) is 36.2 Å². The van der Waals surface area contributed by atoms with E-state index in [0.29, 0.717) is 13.0 Å². The number of piperidine rings is 1. The van der Waals surface area contributed by atoms with Crippen molar-refractivity contribution in [1.29, 1.82) is 0 Å². The molecular weight excluding hydrogens is 391 g/mol. The van der Waals surface area contributed by atoms with Crippen LogP contribution in [0.25, 0.3) is 0 Å². The van der Waals surface area contributed by atoms with Gasteiger partial charge in [0.25, 0.3) is 0 Å². The normalized spacial score (nSPS) is 22.3. The van der Waals surface area contributed by atoms with E-state index in [4.69, 9.17) is 5.11 Å². The van der Waals surface area contributed by atoms with Gasteiger partial charge in [-0.05, 0) is 43.0 Å². The van der Waals surface area contributed by atoms with Gasteiger partial charge in [0.15, 0.2) is 12.0 Å². The van der Waals surface area contributed by atoms with Gasteiger partial charge in [-0.3, -0.25) is 4.90 Å². The molecule has 2 aromatic rings. The van der Waals surface area contributed by atoms with Crippen molar-refractivity contribution < 1.29 is 14.3 Å². The molecule has 3 atom stereocenters. The summed E-state index contributed by atoms with van der Waals surface area (Å²) in [5.41, 5.74) is 2.20. The highest BCUT2D eigenvalue weighted by Gasteiger charge is 2.37. The largest absolute Gasteiger partial charge is 0.479 e. The maximum absolute atomic E-state index is 14.2. The van der Waals surface area contributed by atoms with E-state index in [1.54, 1.807) is 24.2 Å². The summed E-state index contributed by atoms with van der Waals surface area (Å²) in [4.78, 5) is 23.3. The third-order valence-electron chi connectivity index (χ3n) is 5.72. The predicted molar refractivity (Wildman–Crippen MR) is 110 cm³/mol. The number of rotatable bonds is 6. The molecule has 1 fully saturated rings. The van der Waals surface area contributed by atoms with E-state index < -0.39 is 12.1 Å². The van der Waals surface area contributed by atoms with Gasteiger partial charge in [0, 0.05) is 36.3 Å². The number of aliphatic carboxylic acids is 1. The van der Waals surface area contributed by atoms with Crippen molar-refractivity contribution in [3.8, 4) is 0 Å². The van der Waals surface area contributed by atoms with E-state index in [1.807, 2.05) is 0 Å². The highest BCUT2D eigenvalue weighted by atomic mass is 32.2. The van der Waals surface area contributed by atoms with Crippen LogP contribution in [0, 0.1) is 11.8 Å². The topological polar surface area (TPSA) is 78.3 Å². The second-order valence-electron chi connectivity index (χ2n) is 7.74. The molecule has 0 aliphatic carbocycles. The summed E-state index contributed by atoms with van der Waals surface area (Å²) in [6, 6.07) is 6.35. The molecule has 0 amide bonds. The lowest BCUT2D eigenvalue weighted by Gasteiger charge is -2.39. The standard InChI is InChI=1S/C21H25FN4O2S/c1-2-3-14-12-26(9-6-15(14)18(22)21(27)28)11-13-4-5-17-16(10-13)25-19-20(29-17)24-8-7-23-19/h4-5,7-8,10,14-15,18H,2-3,6,9,11-12H2,1H3,(H,23,25)(H,27,28). The molecule has 1 aromatic heterocycles. The molecule has 8 heteroatoms. The number of alkyl halides is 1.